The smallest absolute Gasteiger partial charge is 0.163 e. The summed E-state index contributed by atoms with van der Waals surface area (Å²) in [5.41, 5.74) is 4.22. The second-order valence-corrected chi connectivity index (χ2v) is 9.75. The second kappa shape index (κ2) is 7.47. The van der Waals surface area contributed by atoms with Gasteiger partial charge in [-0.1, -0.05) is 49.2 Å². The van der Waals surface area contributed by atoms with Gasteiger partial charge in [-0.05, 0) is 54.3 Å². The Labute approximate surface area is 191 Å². The quantitative estimate of drug-likeness (QED) is 0.423. The van der Waals surface area contributed by atoms with Gasteiger partial charge in [-0.2, -0.15) is 0 Å². The Bertz CT molecular complexity index is 1230. The molecule has 0 unspecified atom stereocenters. The van der Waals surface area contributed by atoms with Crippen LogP contribution in [0.15, 0.2) is 70.3 Å². The molecule has 2 N–H and O–H groups in total. The van der Waals surface area contributed by atoms with Crippen LogP contribution >= 0.6 is 23.2 Å². The standard InChI is InChI=1S/C25H22Cl2N2O2/c1-25(2)12-19-23(20(30)13-25)24(29-18-6-4-3-5-17(18)28-19)22-10-9-21(31-22)15-8-7-14(26)11-16(15)27/h3-11,24,28-29H,12-13H2,1-2H3/t24-/m1/s1. The van der Waals surface area contributed by atoms with Crippen molar-refractivity contribution >= 4 is 40.4 Å². The number of ketones is 1. The monoisotopic (exact) mass is 452 g/mol. The number of rotatable bonds is 2. The Morgan fingerprint density at radius 3 is 2.55 bits per heavy atom. The van der Waals surface area contributed by atoms with Gasteiger partial charge in [-0.15, -0.1) is 0 Å². The number of carbonyl (C=O) groups excluding carboxylic acids is 1. The summed E-state index contributed by atoms with van der Waals surface area (Å²) in [6.07, 6.45) is 1.29. The van der Waals surface area contributed by atoms with E-state index in [9.17, 15) is 4.79 Å². The summed E-state index contributed by atoms with van der Waals surface area (Å²) in [7, 11) is 0. The average molecular weight is 453 g/mol. The van der Waals surface area contributed by atoms with E-state index in [0.29, 0.717) is 28.0 Å². The van der Waals surface area contributed by atoms with Gasteiger partial charge in [0.2, 0.25) is 0 Å². The molecule has 2 heterocycles. The van der Waals surface area contributed by atoms with E-state index in [4.69, 9.17) is 27.6 Å². The zero-order valence-electron chi connectivity index (χ0n) is 17.3. The lowest BCUT2D eigenvalue weighted by Gasteiger charge is -2.33. The maximum atomic E-state index is 13.3. The maximum absolute atomic E-state index is 13.3. The summed E-state index contributed by atoms with van der Waals surface area (Å²) < 4.78 is 6.25. The zero-order valence-corrected chi connectivity index (χ0v) is 18.8. The number of anilines is 2. The molecule has 6 heteroatoms. The van der Waals surface area contributed by atoms with Crippen LogP contribution < -0.4 is 10.6 Å². The van der Waals surface area contributed by atoms with Crippen LogP contribution in [0, 0.1) is 5.41 Å². The third kappa shape index (κ3) is 3.75. The Hall–Kier alpha value is -2.69. The molecule has 0 fully saturated rings. The van der Waals surface area contributed by atoms with E-state index in [2.05, 4.69) is 24.5 Å². The van der Waals surface area contributed by atoms with Gasteiger partial charge >= 0.3 is 0 Å². The van der Waals surface area contributed by atoms with Crippen LogP contribution in [0.3, 0.4) is 0 Å². The van der Waals surface area contributed by atoms with E-state index in [1.165, 1.54) is 0 Å². The Kier molecular flexibility index (Phi) is 4.87. The highest BCUT2D eigenvalue weighted by Gasteiger charge is 2.39. The number of allylic oxidation sites excluding steroid dienone is 1. The zero-order chi connectivity index (χ0) is 21.8. The summed E-state index contributed by atoms with van der Waals surface area (Å²) in [6.45, 7) is 4.26. The molecule has 4 nitrogen and oxygen atoms in total. The van der Waals surface area contributed by atoms with Crippen LogP contribution in [0.1, 0.15) is 38.5 Å². The lowest BCUT2D eigenvalue weighted by molar-refractivity contribution is -0.118. The highest BCUT2D eigenvalue weighted by molar-refractivity contribution is 6.36. The van der Waals surface area contributed by atoms with E-state index in [0.717, 1.165) is 34.6 Å². The number of fused-ring (bicyclic) bond motifs is 1. The SMILES string of the molecule is CC1(C)CC(=O)C2=C(C1)Nc1ccccc1N[C@@H]2c1ccc(-c2ccc(Cl)cc2Cl)o1. The average Bonchev–Trinajstić information content (AvgIpc) is 3.10. The summed E-state index contributed by atoms with van der Waals surface area (Å²) >= 11 is 12.4. The van der Waals surface area contributed by atoms with Crippen molar-refractivity contribution < 1.29 is 9.21 Å². The molecule has 1 aliphatic carbocycles. The van der Waals surface area contributed by atoms with Gasteiger partial charge < -0.3 is 15.1 Å². The number of hydrogen-bond donors (Lipinski definition) is 2. The van der Waals surface area contributed by atoms with E-state index < -0.39 is 6.04 Å². The van der Waals surface area contributed by atoms with Gasteiger partial charge in [0, 0.05) is 28.3 Å². The number of furan rings is 1. The van der Waals surface area contributed by atoms with Crippen LogP contribution in [0.25, 0.3) is 11.3 Å². The van der Waals surface area contributed by atoms with Crippen molar-refractivity contribution in [1.82, 2.24) is 0 Å². The summed E-state index contributed by atoms with van der Waals surface area (Å²) in [6, 6.07) is 16.7. The van der Waals surface area contributed by atoms with Crippen LogP contribution in [-0.2, 0) is 4.79 Å². The van der Waals surface area contributed by atoms with Crippen LogP contribution in [-0.4, -0.2) is 5.78 Å². The van der Waals surface area contributed by atoms with Gasteiger partial charge in [0.1, 0.15) is 17.6 Å². The van der Waals surface area contributed by atoms with E-state index in [-0.39, 0.29) is 11.2 Å². The van der Waals surface area contributed by atoms with Gasteiger partial charge in [-0.25, -0.2) is 0 Å². The number of Topliss-reactive ketones (excluding diaryl/α,β-unsaturated/α-hetero) is 1. The lowest BCUT2D eigenvalue weighted by atomic mass is 9.74. The van der Waals surface area contributed by atoms with Crippen LogP contribution in [0.4, 0.5) is 11.4 Å². The molecule has 0 radical (unpaired) electrons. The molecular formula is C25H22Cl2N2O2. The Balaban J connectivity index is 1.62. The Morgan fingerprint density at radius 2 is 1.77 bits per heavy atom. The molecular weight excluding hydrogens is 431 g/mol. The number of halogens is 2. The van der Waals surface area contributed by atoms with Gasteiger partial charge in [0.15, 0.2) is 5.78 Å². The van der Waals surface area contributed by atoms with E-state index in [1.807, 2.05) is 42.5 Å². The van der Waals surface area contributed by atoms with Crippen molar-refractivity contribution in [2.75, 3.05) is 10.6 Å². The fraction of sp³-hybridized carbons (Fsp3) is 0.240. The first-order chi connectivity index (χ1) is 14.8. The first-order valence-electron chi connectivity index (χ1n) is 10.2. The van der Waals surface area contributed by atoms with Crippen molar-refractivity contribution in [2.24, 2.45) is 5.41 Å². The van der Waals surface area contributed by atoms with E-state index >= 15 is 0 Å². The van der Waals surface area contributed by atoms with E-state index in [1.54, 1.807) is 12.1 Å². The molecule has 158 valence electrons. The summed E-state index contributed by atoms with van der Waals surface area (Å²) in [4.78, 5) is 13.3. The Morgan fingerprint density at radius 1 is 1.00 bits per heavy atom. The van der Waals surface area contributed by atoms with Crippen molar-refractivity contribution in [2.45, 2.75) is 32.7 Å². The predicted octanol–water partition coefficient (Wildman–Crippen LogP) is 7.48. The molecule has 0 amide bonds. The molecule has 5 rings (SSSR count). The normalized spacial score (nSPS) is 19.7. The minimum atomic E-state index is -0.394. The molecule has 0 spiro atoms. The molecule has 0 saturated carbocycles. The van der Waals surface area contributed by atoms with Gasteiger partial charge in [-0.3, -0.25) is 4.79 Å². The number of hydrogen-bond acceptors (Lipinski definition) is 4. The van der Waals surface area contributed by atoms with Gasteiger partial charge in [0.05, 0.1) is 16.4 Å². The first kappa shape index (κ1) is 20.2. The van der Waals surface area contributed by atoms with Crippen molar-refractivity contribution in [3.8, 4) is 11.3 Å². The molecule has 31 heavy (non-hydrogen) atoms. The highest BCUT2D eigenvalue weighted by atomic mass is 35.5. The summed E-state index contributed by atoms with van der Waals surface area (Å²) in [5, 5.41) is 8.14. The topological polar surface area (TPSA) is 54.3 Å². The molecule has 2 aliphatic rings. The van der Waals surface area contributed by atoms with Crippen molar-refractivity contribution in [3.05, 3.63) is 81.7 Å². The molecule has 1 aliphatic heterocycles. The highest BCUT2D eigenvalue weighted by Crippen LogP contribution is 2.46. The molecule has 0 saturated heterocycles. The van der Waals surface area contributed by atoms with Crippen LogP contribution in [0.2, 0.25) is 10.0 Å². The fourth-order valence-corrected chi connectivity index (χ4v) is 4.95. The maximum Gasteiger partial charge on any atom is 0.163 e. The molecule has 3 aromatic rings. The molecule has 1 aromatic heterocycles. The third-order valence-corrected chi connectivity index (χ3v) is 6.38. The number of nitrogens with one attached hydrogen (secondary N) is 2. The molecule has 0 bridgehead atoms. The van der Waals surface area contributed by atoms with Crippen molar-refractivity contribution in [3.63, 3.8) is 0 Å². The van der Waals surface area contributed by atoms with Gasteiger partial charge in [0.25, 0.3) is 0 Å². The predicted molar refractivity (Wildman–Crippen MR) is 126 cm³/mol. The molecule has 1 atom stereocenters. The van der Waals surface area contributed by atoms with Crippen molar-refractivity contribution in [1.29, 1.82) is 0 Å². The number of carbonyl (C=O) groups is 1. The van der Waals surface area contributed by atoms with Crippen LogP contribution in [0.5, 0.6) is 0 Å². The minimum absolute atomic E-state index is 0.0993. The summed E-state index contributed by atoms with van der Waals surface area (Å²) in [5.74, 6) is 1.43. The fourth-order valence-electron chi connectivity index (χ4n) is 4.44. The second-order valence-electron chi connectivity index (χ2n) is 8.91. The number of benzene rings is 2. The third-order valence-electron chi connectivity index (χ3n) is 5.83. The first-order valence-corrected chi connectivity index (χ1v) is 11.0. The largest absolute Gasteiger partial charge is 0.458 e. The lowest BCUT2D eigenvalue weighted by Crippen LogP contribution is -2.31. The minimum Gasteiger partial charge on any atom is -0.458 e. The molecule has 2 aromatic carbocycles. The number of para-hydroxylation sites is 2.